The molecule has 8 heteroatoms. The number of aromatic nitrogens is 1. The Balaban J connectivity index is 1.40. The Morgan fingerprint density at radius 1 is 1.11 bits per heavy atom. The van der Waals surface area contributed by atoms with Crippen molar-refractivity contribution in [3.8, 4) is 0 Å². The molecule has 0 aliphatic heterocycles. The van der Waals surface area contributed by atoms with Crippen LogP contribution in [0.4, 0.5) is 5.69 Å². The third-order valence-electron chi connectivity index (χ3n) is 3.70. The lowest BCUT2D eigenvalue weighted by Gasteiger charge is -2.08. The molecule has 0 bridgehead atoms. The maximum absolute atomic E-state index is 11.9. The lowest BCUT2D eigenvalue weighted by molar-refractivity contribution is -0.147. The molecule has 3 rings (SSSR count). The Morgan fingerprint density at radius 3 is 2.74 bits per heavy atom. The Morgan fingerprint density at radius 2 is 1.93 bits per heavy atom. The predicted molar refractivity (Wildman–Crippen MR) is 109 cm³/mol. The summed E-state index contributed by atoms with van der Waals surface area (Å²) in [4.78, 5) is 28.2. The number of thiazole rings is 1. The number of para-hydroxylation sites is 1. The van der Waals surface area contributed by atoms with Gasteiger partial charge < -0.3 is 10.1 Å². The second-order valence-corrected chi connectivity index (χ2v) is 7.64. The molecule has 0 atom stereocenters. The number of nitrogens with zero attached hydrogens (tertiary/aromatic N) is 1. The van der Waals surface area contributed by atoms with Crippen LogP contribution in [-0.4, -0.2) is 23.5 Å². The van der Waals surface area contributed by atoms with E-state index in [4.69, 9.17) is 27.9 Å². The second-order valence-electron chi connectivity index (χ2n) is 5.74. The van der Waals surface area contributed by atoms with E-state index in [9.17, 15) is 9.59 Å². The van der Waals surface area contributed by atoms with Gasteiger partial charge in [0.25, 0.3) is 5.91 Å². The average Bonchev–Trinajstić information content (AvgIpc) is 3.06. The fraction of sp³-hybridized carbons (Fsp3) is 0.211. The van der Waals surface area contributed by atoms with Gasteiger partial charge in [-0.3, -0.25) is 9.59 Å². The molecule has 0 saturated carbocycles. The van der Waals surface area contributed by atoms with Gasteiger partial charge in [0.2, 0.25) is 0 Å². The van der Waals surface area contributed by atoms with Crippen LogP contribution in [0.25, 0.3) is 10.2 Å². The van der Waals surface area contributed by atoms with Crippen LogP contribution < -0.4 is 5.32 Å². The van der Waals surface area contributed by atoms with E-state index in [-0.39, 0.29) is 18.1 Å². The maximum Gasteiger partial charge on any atom is 0.306 e. The molecule has 0 aliphatic carbocycles. The van der Waals surface area contributed by atoms with Crippen molar-refractivity contribution in [1.82, 2.24) is 4.98 Å². The van der Waals surface area contributed by atoms with Gasteiger partial charge in [-0.1, -0.05) is 41.4 Å². The number of amides is 1. The van der Waals surface area contributed by atoms with Crippen LogP contribution in [0.15, 0.2) is 42.5 Å². The number of benzene rings is 2. The average molecular weight is 423 g/mol. The van der Waals surface area contributed by atoms with Crippen LogP contribution in [-0.2, 0) is 20.7 Å². The normalized spacial score (nSPS) is 10.7. The zero-order chi connectivity index (χ0) is 19.2. The highest BCUT2D eigenvalue weighted by Crippen LogP contribution is 2.29. The third kappa shape index (κ3) is 5.42. The highest BCUT2D eigenvalue weighted by molar-refractivity contribution is 7.18. The first-order chi connectivity index (χ1) is 13.0. The molecule has 1 heterocycles. The standard InChI is InChI=1S/C19H16Cl2N2O3S/c20-12-5-3-7-14(19(12)21)22-16(24)11-26-18(25)10-4-9-17-23-13-6-1-2-8-15(13)27-17/h1-3,5-8H,4,9-11H2,(H,22,24). The van der Waals surface area contributed by atoms with Crippen molar-refractivity contribution in [3.05, 3.63) is 57.5 Å². The number of anilines is 1. The van der Waals surface area contributed by atoms with Crippen LogP contribution in [0, 0.1) is 0 Å². The van der Waals surface area contributed by atoms with Crippen molar-refractivity contribution in [2.75, 3.05) is 11.9 Å². The largest absolute Gasteiger partial charge is 0.456 e. The Labute approximate surface area is 170 Å². The first-order valence-corrected chi connectivity index (χ1v) is 9.84. The summed E-state index contributed by atoms with van der Waals surface area (Å²) in [6.45, 7) is -0.372. The van der Waals surface area contributed by atoms with E-state index < -0.39 is 11.9 Å². The van der Waals surface area contributed by atoms with Crippen LogP contribution in [0.5, 0.6) is 0 Å². The first-order valence-electron chi connectivity index (χ1n) is 8.27. The van der Waals surface area contributed by atoms with E-state index in [1.165, 1.54) is 0 Å². The monoisotopic (exact) mass is 422 g/mol. The molecule has 140 valence electrons. The van der Waals surface area contributed by atoms with Crippen molar-refractivity contribution >= 4 is 62.3 Å². The van der Waals surface area contributed by atoms with Gasteiger partial charge in [-0.05, 0) is 37.1 Å². The number of aryl methyl sites for hydroxylation is 1. The van der Waals surface area contributed by atoms with Gasteiger partial charge in [0.1, 0.15) is 0 Å². The van der Waals surface area contributed by atoms with Crippen LogP contribution >= 0.6 is 34.5 Å². The number of halogens is 2. The fourth-order valence-corrected chi connectivity index (χ4v) is 3.77. The van der Waals surface area contributed by atoms with Gasteiger partial charge in [0.05, 0.1) is 31.0 Å². The molecule has 1 amide bonds. The van der Waals surface area contributed by atoms with Gasteiger partial charge in [0, 0.05) is 6.42 Å². The number of nitrogens with one attached hydrogen (secondary N) is 1. The topological polar surface area (TPSA) is 68.3 Å². The zero-order valence-corrected chi connectivity index (χ0v) is 16.5. The molecule has 0 unspecified atom stereocenters. The Kier molecular flexibility index (Phi) is 6.66. The quantitative estimate of drug-likeness (QED) is 0.537. The van der Waals surface area contributed by atoms with Gasteiger partial charge >= 0.3 is 5.97 Å². The lowest BCUT2D eigenvalue weighted by atomic mass is 10.2. The molecule has 27 heavy (non-hydrogen) atoms. The van der Waals surface area contributed by atoms with Crippen molar-refractivity contribution < 1.29 is 14.3 Å². The van der Waals surface area contributed by atoms with Gasteiger partial charge in [-0.25, -0.2) is 4.98 Å². The Hall–Kier alpha value is -2.15. The van der Waals surface area contributed by atoms with E-state index in [1.54, 1.807) is 29.5 Å². The molecular formula is C19H16Cl2N2O3S. The summed E-state index contributed by atoms with van der Waals surface area (Å²) in [5.41, 5.74) is 1.34. The minimum Gasteiger partial charge on any atom is -0.456 e. The minimum absolute atomic E-state index is 0.223. The highest BCUT2D eigenvalue weighted by atomic mass is 35.5. The van der Waals surface area contributed by atoms with E-state index in [2.05, 4.69) is 10.3 Å². The molecule has 0 spiro atoms. The lowest BCUT2D eigenvalue weighted by Crippen LogP contribution is -2.21. The fourth-order valence-electron chi connectivity index (χ4n) is 2.42. The number of fused-ring (bicyclic) bond motifs is 1. The van der Waals surface area contributed by atoms with Gasteiger partial charge in [0.15, 0.2) is 6.61 Å². The molecule has 5 nitrogen and oxygen atoms in total. The smallest absolute Gasteiger partial charge is 0.306 e. The van der Waals surface area contributed by atoms with Crippen molar-refractivity contribution in [2.45, 2.75) is 19.3 Å². The number of carbonyl (C=O) groups excluding carboxylic acids is 2. The van der Waals surface area contributed by atoms with E-state index in [0.717, 1.165) is 15.2 Å². The summed E-state index contributed by atoms with van der Waals surface area (Å²) in [5, 5.41) is 4.13. The minimum atomic E-state index is -0.473. The Bertz CT molecular complexity index is 941. The molecule has 0 saturated heterocycles. The summed E-state index contributed by atoms with van der Waals surface area (Å²) in [7, 11) is 0. The first kappa shape index (κ1) is 19.6. The highest BCUT2D eigenvalue weighted by Gasteiger charge is 2.11. The SMILES string of the molecule is O=C(COC(=O)CCCc1nc2ccccc2s1)Nc1cccc(Cl)c1Cl. The number of ether oxygens (including phenoxy) is 1. The molecule has 1 aromatic heterocycles. The molecule has 2 aromatic carbocycles. The summed E-state index contributed by atoms with van der Waals surface area (Å²) < 4.78 is 6.13. The predicted octanol–water partition coefficient (Wildman–Crippen LogP) is 5.11. The number of carbonyl (C=O) groups is 2. The van der Waals surface area contributed by atoms with Gasteiger partial charge in [-0.2, -0.15) is 0 Å². The van der Waals surface area contributed by atoms with Crippen LogP contribution in [0.3, 0.4) is 0 Å². The summed E-state index contributed by atoms with van der Waals surface area (Å²) in [6, 6.07) is 12.8. The number of hydrogen-bond acceptors (Lipinski definition) is 5. The maximum atomic E-state index is 11.9. The number of rotatable bonds is 7. The second kappa shape index (κ2) is 9.17. The van der Waals surface area contributed by atoms with Crippen LogP contribution in [0.2, 0.25) is 10.0 Å². The number of hydrogen-bond donors (Lipinski definition) is 1. The van der Waals surface area contributed by atoms with E-state index in [1.807, 2.05) is 24.3 Å². The number of esters is 1. The van der Waals surface area contributed by atoms with Crippen molar-refractivity contribution in [2.24, 2.45) is 0 Å². The summed E-state index contributed by atoms with van der Waals surface area (Å²) >= 11 is 13.5. The van der Waals surface area contributed by atoms with Gasteiger partial charge in [-0.15, -0.1) is 11.3 Å². The van der Waals surface area contributed by atoms with E-state index in [0.29, 0.717) is 23.6 Å². The molecule has 0 fully saturated rings. The summed E-state index contributed by atoms with van der Waals surface area (Å²) in [5.74, 6) is -0.901. The zero-order valence-electron chi connectivity index (χ0n) is 14.2. The van der Waals surface area contributed by atoms with Crippen LogP contribution in [0.1, 0.15) is 17.8 Å². The molecule has 0 aliphatic rings. The molecular weight excluding hydrogens is 407 g/mol. The van der Waals surface area contributed by atoms with Crippen molar-refractivity contribution in [3.63, 3.8) is 0 Å². The molecule has 3 aromatic rings. The van der Waals surface area contributed by atoms with E-state index >= 15 is 0 Å². The summed E-state index contributed by atoms with van der Waals surface area (Å²) in [6.07, 6.45) is 1.53. The van der Waals surface area contributed by atoms with Crippen molar-refractivity contribution in [1.29, 1.82) is 0 Å². The third-order valence-corrected chi connectivity index (χ3v) is 5.61. The molecule has 0 radical (unpaired) electrons. The molecule has 1 N–H and O–H groups in total.